The van der Waals surface area contributed by atoms with Crippen LogP contribution in [0.25, 0.3) is 6.20 Å². The monoisotopic (exact) mass is 282 g/mol. The van der Waals surface area contributed by atoms with E-state index in [1.165, 1.54) is 10.8 Å². The molecule has 1 rings (SSSR count). The summed E-state index contributed by atoms with van der Waals surface area (Å²) in [5.74, 6) is 0. The highest BCUT2D eigenvalue weighted by atomic mass is 16.5. The van der Waals surface area contributed by atoms with Crippen LogP contribution in [0.15, 0.2) is 21.9 Å². The van der Waals surface area contributed by atoms with Crippen LogP contribution < -0.4 is 11.2 Å². The van der Waals surface area contributed by atoms with Crippen molar-refractivity contribution in [1.82, 2.24) is 9.55 Å². The first-order valence-electron chi connectivity index (χ1n) is 6.40. The summed E-state index contributed by atoms with van der Waals surface area (Å²) in [5, 5.41) is 0. The van der Waals surface area contributed by atoms with Crippen molar-refractivity contribution in [2.45, 2.75) is 39.4 Å². The van der Waals surface area contributed by atoms with Crippen LogP contribution in [0.1, 0.15) is 26.3 Å². The maximum absolute atomic E-state index is 11.6. The Balaban J connectivity index is 2.82. The van der Waals surface area contributed by atoms with Crippen LogP contribution >= 0.6 is 0 Å². The van der Waals surface area contributed by atoms with Crippen LogP contribution in [0.3, 0.4) is 0 Å². The number of hydrogen-bond donors (Lipinski definition) is 1. The van der Waals surface area contributed by atoms with Crippen LogP contribution in [0, 0.1) is 6.92 Å². The quantitative estimate of drug-likeness (QED) is 0.879. The molecule has 112 valence electrons. The molecule has 1 aromatic rings. The molecule has 0 aliphatic carbocycles. The van der Waals surface area contributed by atoms with Gasteiger partial charge in [0.15, 0.2) is 0 Å². The third-order valence-corrected chi connectivity index (χ3v) is 2.59. The zero-order chi connectivity index (χ0) is 15.3. The van der Waals surface area contributed by atoms with Crippen molar-refractivity contribution in [2.75, 3.05) is 13.7 Å². The summed E-state index contributed by atoms with van der Waals surface area (Å²) in [6.45, 7) is 7.89. The third-order valence-electron chi connectivity index (χ3n) is 2.59. The minimum Gasteiger partial charge on any atom is -0.375 e. The van der Waals surface area contributed by atoms with E-state index in [9.17, 15) is 9.59 Å². The number of rotatable bonds is 5. The van der Waals surface area contributed by atoms with Crippen LogP contribution in [-0.4, -0.2) is 35.0 Å². The number of aromatic nitrogens is 2. The summed E-state index contributed by atoms with van der Waals surface area (Å²) < 4.78 is 12.2. The van der Waals surface area contributed by atoms with E-state index in [4.69, 9.17) is 9.47 Å². The predicted octanol–water partition coefficient (Wildman–Crippen LogP) is 1.15. The van der Waals surface area contributed by atoms with E-state index in [1.807, 2.05) is 20.8 Å². The molecule has 1 N–H and O–H groups in total. The van der Waals surface area contributed by atoms with Gasteiger partial charge in [0.1, 0.15) is 6.10 Å². The van der Waals surface area contributed by atoms with Gasteiger partial charge in [-0.1, -0.05) is 0 Å². The zero-order valence-electron chi connectivity index (χ0n) is 12.6. The lowest BCUT2D eigenvalue weighted by molar-refractivity contribution is -0.0467. The highest BCUT2D eigenvalue weighted by molar-refractivity contribution is 5.24. The summed E-state index contributed by atoms with van der Waals surface area (Å²) in [7, 11) is 1.57. The van der Waals surface area contributed by atoms with Crippen molar-refractivity contribution in [1.29, 1.82) is 0 Å². The van der Waals surface area contributed by atoms with Crippen LogP contribution in [-0.2, 0) is 9.47 Å². The van der Waals surface area contributed by atoms with Gasteiger partial charge in [0.2, 0.25) is 0 Å². The first-order valence-corrected chi connectivity index (χ1v) is 6.40. The van der Waals surface area contributed by atoms with E-state index in [2.05, 4.69) is 4.98 Å². The second-order valence-corrected chi connectivity index (χ2v) is 5.52. The maximum Gasteiger partial charge on any atom is 0.332 e. The molecular weight excluding hydrogens is 260 g/mol. The molecule has 1 atom stereocenters. The van der Waals surface area contributed by atoms with Gasteiger partial charge in [0.25, 0.3) is 5.56 Å². The first kappa shape index (κ1) is 16.4. The average Bonchev–Trinajstić information content (AvgIpc) is 2.34. The topological polar surface area (TPSA) is 73.3 Å². The van der Waals surface area contributed by atoms with E-state index < -0.39 is 5.69 Å². The molecule has 0 saturated heterocycles. The van der Waals surface area contributed by atoms with Crippen molar-refractivity contribution < 1.29 is 9.47 Å². The second kappa shape index (κ2) is 6.67. The summed E-state index contributed by atoms with van der Waals surface area (Å²) in [6.07, 6.45) is 4.49. The largest absolute Gasteiger partial charge is 0.375 e. The van der Waals surface area contributed by atoms with Gasteiger partial charge in [0, 0.05) is 25.1 Å². The van der Waals surface area contributed by atoms with Gasteiger partial charge >= 0.3 is 5.69 Å². The fourth-order valence-electron chi connectivity index (χ4n) is 1.42. The lowest BCUT2D eigenvalue weighted by Gasteiger charge is -2.22. The molecular formula is C14H22N2O4. The molecule has 20 heavy (non-hydrogen) atoms. The molecule has 0 aliphatic heterocycles. The molecule has 0 bridgehead atoms. The zero-order valence-corrected chi connectivity index (χ0v) is 12.6. The van der Waals surface area contributed by atoms with Gasteiger partial charge < -0.3 is 9.47 Å². The number of ether oxygens (including phenoxy) is 2. The van der Waals surface area contributed by atoms with Gasteiger partial charge in [-0.15, -0.1) is 0 Å². The summed E-state index contributed by atoms with van der Waals surface area (Å²) in [4.78, 5) is 25.1. The van der Waals surface area contributed by atoms with Gasteiger partial charge in [-0.05, 0) is 33.8 Å². The van der Waals surface area contributed by atoms with E-state index in [0.717, 1.165) is 0 Å². The van der Waals surface area contributed by atoms with Crippen LogP contribution in [0.2, 0.25) is 0 Å². The number of nitrogens with one attached hydrogen (secondary N) is 1. The molecule has 1 heterocycles. The first-order chi connectivity index (χ1) is 9.23. The van der Waals surface area contributed by atoms with E-state index in [1.54, 1.807) is 26.3 Å². The molecule has 0 spiro atoms. The Bertz CT molecular complexity index is 578. The average molecular weight is 282 g/mol. The second-order valence-electron chi connectivity index (χ2n) is 5.52. The molecule has 1 aromatic heterocycles. The van der Waals surface area contributed by atoms with Gasteiger partial charge in [-0.2, -0.15) is 0 Å². The molecule has 0 radical (unpaired) electrons. The molecule has 0 amide bonds. The van der Waals surface area contributed by atoms with E-state index in [-0.39, 0.29) is 17.3 Å². The van der Waals surface area contributed by atoms with Crippen LogP contribution in [0.5, 0.6) is 0 Å². The molecule has 6 heteroatoms. The Morgan fingerprint density at radius 2 is 2.05 bits per heavy atom. The Kier molecular flexibility index (Phi) is 5.47. The minimum atomic E-state index is -0.483. The third kappa shape index (κ3) is 5.14. The Morgan fingerprint density at radius 1 is 1.40 bits per heavy atom. The molecule has 0 saturated carbocycles. The lowest BCUT2D eigenvalue weighted by atomic mass is 10.2. The minimum absolute atomic E-state index is 0.254. The number of H-pyrrole nitrogens is 1. The number of aryl methyl sites for hydroxylation is 1. The summed E-state index contributed by atoms with van der Waals surface area (Å²) in [6, 6.07) is 0. The number of methoxy groups -OCH3 is 1. The SMILES string of the molecule is CO[C@@H](/C=C\n1cc(C)c(=O)[nH]c1=O)COC(C)(C)C. The van der Waals surface area contributed by atoms with Gasteiger partial charge in [0.05, 0.1) is 12.2 Å². The van der Waals surface area contributed by atoms with Gasteiger partial charge in [-0.3, -0.25) is 14.3 Å². The highest BCUT2D eigenvalue weighted by Gasteiger charge is 2.13. The van der Waals surface area contributed by atoms with Crippen molar-refractivity contribution in [3.05, 3.63) is 38.7 Å². The molecule has 6 nitrogen and oxygen atoms in total. The number of hydrogen-bond acceptors (Lipinski definition) is 4. The molecule has 0 aliphatic rings. The predicted molar refractivity (Wildman–Crippen MR) is 77.9 cm³/mol. The Labute approximate surface area is 118 Å². The molecule has 0 aromatic carbocycles. The van der Waals surface area contributed by atoms with Crippen molar-refractivity contribution in [3.8, 4) is 0 Å². The lowest BCUT2D eigenvalue weighted by Crippen LogP contribution is -2.29. The Morgan fingerprint density at radius 3 is 2.60 bits per heavy atom. The normalized spacial score (nSPS) is 13.8. The summed E-state index contributed by atoms with van der Waals surface area (Å²) in [5.41, 5.74) is -0.646. The molecule has 0 fully saturated rings. The maximum atomic E-state index is 11.6. The fourth-order valence-corrected chi connectivity index (χ4v) is 1.42. The van der Waals surface area contributed by atoms with Crippen molar-refractivity contribution >= 4 is 6.20 Å². The standard InChI is InChI=1S/C14H22N2O4/c1-10-8-16(13(18)15-12(10)17)7-6-11(19-5)9-20-14(2,3)4/h6-8,11H,9H2,1-5H3,(H,15,17,18)/b7-6-/t11-/m0/s1. The van der Waals surface area contributed by atoms with E-state index in [0.29, 0.717) is 12.2 Å². The van der Waals surface area contributed by atoms with Crippen molar-refractivity contribution in [3.63, 3.8) is 0 Å². The fraction of sp³-hybridized carbons (Fsp3) is 0.571. The summed E-state index contributed by atoms with van der Waals surface area (Å²) >= 11 is 0. The Hall–Kier alpha value is -1.66. The highest BCUT2D eigenvalue weighted by Crippen LogP contribution is 2.08. The number of nitrogens with zero attached hydrogens (tertiary/aromatic N) is 1. The van der Waals surface area contributed by atoms with E-state index >= 15 is 0 Å². The van der Waals surface area contributed by atoms with Crippen molar-refractivity contribution in [2.24, 2.45) is 0 Å². The number of aromatic amines is 1. The van der Waals surface area contributed by atoms with Crippen LogP contribution in [0.4, 0.5) is 0 Å². The smallest absolute Gasteiger partial charge is 0.332 e. The molecule has 0 unspecified atom stereocenters. The van der Waals surface area contributed by atoms with Gasteiger partial charge in [-0.25, -0.2) is 4.79 Å².